The Hall–Kier alpha value is -5.38. The summed E-state index contributed by atoms with van der Waals surface area (Å²) in [4.78, 5) is 48.3. The summed E-state index contributed by atoms with van der Waals surface area (Å²) in [5.74, 6) is -1.65. The molecule has 0 bridgehead atoms. The topological polar surface area (TPSA) is 169 Å². The van der Waals surface area contributed by atoms with Gasteiger partial charge in [0.2, 0.25) is 5.91 Å². The number of fused-ring (bicyclic) bond motifs is 2. The van der Waals surface area contributed by atoms with Crippen LogP contribution in [0.1, 0.15) is 74.5 Å². The number of anilines is 1. The number of amides is 2. The van der Waals surface area contributed by atoms with Gasteiger partial charge in [-0.05, 0) is 70.4 Å². The molecule has 1 aliphatic rings. The van der Waals surface area contributed by atoms with Crippen LogP contribution >= 0.6 is 0 Å². The van der Waals surface area contributed by atoms with Crippen LogP contribution < -0.4 is 11.1 Å². The molecule has 12 nitrogen and oxygen atoms in total. The van der Waals surface area contributed by atoms with E-state index < -0.39 is 29.3 Å². The fourth-order valence-electron chi connectivity index (χ4n) is 5.44. The molecule has 238 valence electrons. The molecule has 3 aromatic heterocycles. The quantitative estimate of drug-likeness (QED) is 0.244. The van der Waals surface area contributed by atoms with Crippen molar-refractivity contribution in [1.82, 2.24) is 24.6 Å². The van der Waals surface area contributed by atoms with Crippen molar-refractivity contribution in [1.29, 1.82) is 5.26 Å². The number of nitrogens with zero attached hydrogens (tertiary/aromatic N) is 6. The van der Waals surface area contributed by atoms with Crippen molar-refractivity contribution in [2.45, 2.75) is 78.2 Å². The summed E-state index contributed by atoms with van der Waals surface area (Å²) >= 11 is 0. The molecule has 0 radical (unpaired) electrons. The molecule has 4 aromatic rings. The van der Waals surface area contributed by atoms with Gasteiger partial charge in [-0.3, -0.25) is 19.4 Å². The molecular weight excluding hydrogens is 591 g/mol. The second-order valence-corrected chi connectivity index (χ2v) is 12.5. The third-order valence-corrected chi connectivity index (χ3v) is 7.35. The number of hydrogen-bond acceptors (Lipinski definition) is 9. The van der Waals surface area contributed by atoms with Crippen LogP contribution in [0.25, 0.3) is 22.3 Å². The molecule has 13 heteroatoms. The van der Waals surface area contributed by atoms with Gasteiger partial charge in [0, 0.05) is 41.7 Å². The average Bonchev–Trinajstić information content (AvgIpc) is 3.51. The van der Waals surface area contributed by atoms with Crippen LogP contribution in [-0.4, -0.2) is 60.1 Å². The number of hydrogen-bond donors (Lipinski definition) is 2. The molecule has 0 unspecified atom stereocenters. The van der Waals surface area contributed by atoms with Crippen molar-refractivity contribution in [2.24, 2.45) is 5.73 Å². The molecule has 0 aliphatic carbocycles. The number of carbonyl (C=O) groups is 3. The summed E-state index contributed by atoms with van der Waals surface area (Å²) in [6.07, 6.45) is 2.90. The van der Waals surface area contributed by atoms with Gasteiger partial charge >= 0.3 is 5.97 Å². The predicted molar refractivity (Wildman–Crippen MR) is 168 cm³/mol. The number of primary amides is 1. The molecule has 4 heterocycles. The lowest BCUT2D eigenvalue weighted by Crippen LogP contribution is -2.45. The summed E-state index contributed by atoms with van der Waals surface area (Å²) in [6, 6.07) is 9.18. The van der Waals surface area contributed by atoms with E-state index in [9.17, 15) is 14.4 Å². The van der Waals surface area contributed by atoms with E-state index in [1.165, 1.54) is 11.1 Å². The standard InChI is InChI=1S/C33H35FN8O4/c1-18(2)39-27-12-23(29-25(34)11-20(13-35)14-37-29)24-15-38-42(31(24)40-27)16-19-6-7-22-21(10-19)17-41(32(22)45)26(30(36)44)8-9-28(43)46-33(3,4)5/h6-7,10-12,14-15,18,26H,8-9,16-17H2,1-5H3,(H2,36,44)(H,39,40)/t26-/m0/s1. The first kappa shape index (κ1) is 32.0. The number of aromatic nitrogens is 4. The van der Waals surface area contributed by atoms with Crippen molar-refractivity contribution < 1.29 is 23.5 Å². The smallest absolute Gasteiger partial charge is 0.306 e. The van der Waals surface area contributed by atoms with Crippen molar-refractivity contribution >= 4 is 34.6 Å². The van der Waals surface area contributed by atoms with E-state index in [-0.39, 0.29) is 49.1 Å². The summed E-state index contributed by atoms with van der Waals surface area (Å²) in [7, 11) is 0. The monoisotopic (exact) mass is 626 g/mol. The number of nitriles is 1. The Morgan fingerprint density at radius 2 is 1.93 bits per heavy atom. The number of esters is 1. The lowest BCUT2D eigenvalue weighted by molar-refractivity contribution is -0.155. The largest absolute Gasteiger partial charge is 0.460 e. The molecule has 46 heavy (non-hydrogen) atoms. The van der Waals surface area contributed by atoms with Gasteiger partial charge < -0.3 is 20.7 Å². The molecule has 1 aromatic carbocycles. The van der Waals surface area contributed by atoms with Crippen LogP contribution in [-0.2, 0) is 27.4 Å². The third kappa shape index (κ3) is 6.81. The normalized spacial score (nSPS) is 13.5. The Labute approximate surface area is 265 Å². The Kier molecular flexibility index (Phi) is 8.74. The number of rotatable bonds is 10. The van der Waals surface area contributed by atoms with Gasteiger partial charge in [0.15, 0.2) is 11.5 Å². The molecule has 2 amide bonds. The summed E-state index contributed by atoms with van der Waals surface area (Å²) in [6.45, 7) is 9.61. The number of nitrogens with one attached hydrogen (secondary N) is 1. The first-order valence-electron chi connectivity index (χ1n) is 14.9. The SMILES string of the molecule is CC(C)Nc1cc(-c2ncc(C#N)cc2F)c2cnn(Cc3ccc4c(c3)CN([C@@H](CCC(=O)OC(C)(C)C)C(N)=O)C4=O)c2n1. The van der Waals surface area contributed by atoms with E-state index in [4.69, 9.17) is 20.7 Å². The highest BCUT2D eigenvalue weighted by Gasteiger charge is 2.36. The van der Waals surface area contributed by atoms with Crippen LogP contribution in [0.4, 0.5) is 10.2 Å². The fourth-order valence-corrected chi connectivity index (χ4v) is 5.44. The Bertz CT molecular complexity index is 1890. The number of carbonyl (C=O) groups excluding carboxylic acids is 3. The van der Waals surface area contributed by atoms with Gasteiger partial charge in [-0.25, -0.2) is 14.1 Å². The summed E-state index contributed by atoms with van der Waals surface area (Å²) < 4.78 is 22.1. The lowest BCUT2D eigenvalue weighted by Gasteiger charge is -2.25. The summed E-state index contributed by atoms with van der Waals surface area (Å²) in [5.41, 5.74) is 8.12. The maximum absolute atomic E-state index is 15.1. The van der Waals surface area contributed by atoms with E-state index >= 15 is 4.39 Å². The minimum absolute atomic E-state index is 0.0403. The zero-order chi connectivity index (χ0) is 33.3. The Morgan fingerprint density at radius 3 is 2.59 bits per heavy atom. The number of nitrogens with two attached hydrogens (primary N) is 1. The van der Waals surface area contributed by atoms with Crippen molar-refractivity contribution in [3.63, 3.8) is 0 Å². The number of halogens is 1. The number of benzene rings is 1. The highest BCUT2D eigenvalue weighted by molar-refractivity contribution is 6.01. The predicted octanol–water partition coefficient (Wildman–Crippen LogP) is 4.30. The maximum Gasteiger partial charge on any atom is 0.306 e. The second-order valence-electron chi connectivity index (χ2n) is 12.5. The van der Waals surface area contributed by atoms with Gasteiger partial charge in [-0.15, -0.1) is 0 Å². The second kappa shape index (κ2) is 12.5. The van der Waals surface area contributed by atoms with Gasteiger partial charge in [0.1, 0.15) is 29.2 Å². The van der Waals surface area contributed by atoms with Gasteiger partial charge in [0.25, 0.3) is 5.91 Å². The molecular formula is C33H35FN8O4. The lowest BCUT2D eigenvalue weighted by atomic mass is 10.1. The van der Waals surface area contributed by atoms with E-state index in [1.807, 2.05) is 26.0 Å². The first-order chi connectivity index (χ1) is 21.7. The molecule has 1 aliphatic heterocycles. The van der Waals surface area contributed by atoms with Crippen LogP contribution in [0.2, 0.25) is 0 Å². The van der Waals surface area contributed by atoms with Crippen LogP contribution in [0.5, 0.6) is 0 Å². The maximum atomic E-state index is 15.1. The molecule has 5 rings (SSSR count). The fraction of sp³-hybridized carbons (Fsp3) is 0.364. The zero-order valence-corrected chi connectivity index (χ0v) is 26.3. The van der Waals surface area contributed by atoms with Crippen LogP contribution in [0, 0.1) is 17.1 Å². The Morgan fingerprint density at radius 1 is 1.17 bits per heavy atom. The number of ether oxygens (including phenoxy) is 1. The van der Waals surface area contributed by atoms with E-state index in [0.29, 0.717) is 33.5 Å². The van der Waals surface area contributed by atoms with E-state index in [2.05, 4.69) is 15.4 Å². The minimum Gasteiger partial charge on any atom is -0.460 e. The molecule has 0 spiro atoms. The van der Waals surface area contributed by atoms with Crippen molar-refractivity contribution in [3.8, 4) is 17.3 Å². The highest BCUT2D eigenvalue weighted by Crippen LogP contribution is 2.32. The molecule has 1 atom stereocenters. The van der Waals surface area contributed by atoms with Crippen molar-refractivity contribution in [3.05, 3.63) is 70.8 Å². The molecule has 0 saturated heterocycles. The highest BCUT2D eigenvalue weighted by atomic mass is 19.1. The van der Waals surface area contributed by atoms with Gasteiger partial charge in [-0.1, -0.05) is 12.1 Å². The third-order valence-electron chi connectivity index (χ3n) is 7.35. The van der Waals surface area contributed by atoms with Crippen molar-refractivity contribution in [2.75, 3.05) is 5.32 Å². The van der Waals surface area contributed by atoms with Crippen LogP contribution in [0.3, 0.4) is 0 Å². The zero-order valence-electron chi connectivity index (χ0n) is 26.3. The minimum atomic E-state index is -0.975. The molecule has 0 fully saturated rings. The van der Waals surface area contributed by atoms with Crippen LogP contribution in [0.15, 0.2) is 42.7 Å². The average molecular weight is 627 g/mol. The number of pyridine rings is 2. The van der Waals surface area contributed by atoms with Gasteiger partial charge in [0.05, 0.1) is 18.3 Å². The van der Waals surface area contributed by atoms with E-state index in [0.717, 1.165) is 11.6 Å². The van der Waals surface area contributed by atoms with Gasteiger partial charge in [-0.2, -0.15) is 10.4 Å². The summed E-state index contributed by atoms with van der Waals surface area (Å²) in [5, 5.41) is 17.5. The molecule has 3 N–H and O–H groups in total. The first-order valence-corrected chi connectivity index (χ1v) is 14.9. The van der Waals surface area contributed by atoms with E-state index in [1.54, 1.807) is 49.8 Å². The Balaban J connectivity index is 1.42. The molecule has 0 saturated carbocycles.